The molecule has 1 fully saturated rings. The second-order valence-corrected chi connectivity index (χ2v) is 8.65. The van der Waals surface area contributed by atoms with Crippen molar-refractivity contribution in [3.05, 3.63) is 53.1 Å². The molecular formula is C18H19ClN2O5S. The predicted octanol–water partition coefficient (Wildman–Crippen LogP) is 2.44. The van der Waals surface area contributed by atoms with E-state index in [0.717, 1.165) is 0 Å². The van der Waals surface area contributed by atoms with Gasteiger partial charge in [-0.3, -0.25) is 4.79 Å². The van der Waals surface area contributed by atoms with Gasteiger partial charge in [-0.2, -0.15) is 4.31 Å². The number of amides is 1. The number of hydrogen-bond donors (Lipinski definition) is 3. The highest BCUT2D eigenvalue weighted by Crippen LogP contribution is 2.27. The number of sulfonamides is 1. The molecule has 0 aromatic heterocycles. The van der Waals surface area contributed by atoms with E-state index in [1.165, 1.54) is 46.8 Å². The number of aromatic hydroxyl groups is 1. The molecule has 1 heterocycles. The van der Waals surface area contributed by atoms with Crippen LogP contribution in [0.15, 0.2) is 47.4 Å². The Bertz CT molecular complexity index is 956. The topological polar surface area (TPSA) is 107 Å². The normalized spacial score (nSPS) is 16.2. The highest BCUT2D eigenvalue weighted by molar-refractivity contribution is 7.89. The Hall–Kier alpha value is -2.13. The summed E-state index contributed by atoms with van der Waals surface area (Å²) in [6, 6.07) is 9.91. The molecule has 0 bridgehead atoms. The van der Waals surface area contributed by atoms with Crippen molar-refractivity contribution in [2.45, 2.75) is 23.8 Å². The number of aliphatic hydroxyl groups excluding tert-OH is 1. The first-order chi connectivity index (χ1) is 12.8. The fraction of sp³-hybridized carbons (Fsp3) is 0.278. The molecule has 9 heteroatoms. The number of piperidine rings is 1. The third kappa shape index (κ3) is 4.41. The van der Waals surface area contributed by atoms with Gasteiger partial charge in [0.25, 0.3) is 5.91 Å². The van der Waals surface area contributed by atoms with E-state index in [2.05, 4.69) is 5.32 Å². The molecule has 0 unspecified atom stereocenters. The number of phenols is 1. The van der Waals surface area contributed by atoms with Crippen LogP contribution in [0.2, 0.25) is 5.02 Å². The zero-order chi connectivity index (χ0) is 19.6. The molecule has 3 rings (SSSR count). The van der Waals surface area contributed by atoms with Crippen LogP contribution in [-0.4, -0.2) is 48.0 Å². The van der Waals surface area contributed by atoms with E-state index < -0.39 is 22.0 Å². The Balaban J connectivity index is 1.82. The Kier molecular flexibility index (Phi) is 5.71. The maximum absolute atomic E-state index is 12.8. The lowest BCUT2D eigenvalue weighted by Gasteiger charge is -2.28. The van der Waals surface area contributed by atoms with Crippen molar-refractivity contribution in [3.63, 3.8) is 0 Å². The first-order valence-electron chi connectivity index (χ1n) is 8.35. The van der Waals surface area contributed by atoms with Crippen molar-refractivity contribution in [1.29, 1.82) is 0 Å². The van der Waals surface area contributed by atoms with Gasteiger partial charge in [0.1, 0.15) is 5.75 Å². The highest BCUT2D eigenvalue weighted by Gasteiger charge is 2.29. The van der Waals surface area contributed by atoms with Crippen LogP contribution in [0.25, 0.3) is 0 Å². The maximum atomic E-state index is 12.8. The van der Waals surface area contributed by atoms with Gasteiger partial charge in [0.15, 0.2) is 0 Å². The number of nitrogens with one attached hydrogen (secondary N) is 1. The largest absolute Gasteiger partial charge is 0.506 e. The number of anilines is 1. The van der Waals surface area contributed by atoms with Crippen molar-refractivity contribution in [2.75, 3.05) is 18.4 Å². The SMILES string of the molecule is O=C(Nc1cc(Cl)ccc1O)c1cccc(S(=O)(=O)N2CCC(O)CC2)c1. The molecule has 27 heavy (non-hydrogen) atoms. The molecule has 0 saturated carbocycles. The summed E-state index contributed by atoms with van der Waals surface area (Å²) in [5.74, 6) is -0.720. The summed E-state index contributed by atoms with van der Waals surface area (Å²) in [6.45, 7) is 0.465. The zero-order valence-corrected chi connectivity index (χ0v) is 15.9. The molecule has 0 atom stereocenters. The summed E-state index contributed by atoms with van der Waals surface area (Å²) in [7, 11) is -3.76. The lowest BCUT2D eigenvalue weighted by atomic mass is 10.1. The van der Waals surface area contributed by atoms with Crippen molar-refractivity contribution in [3.8, 4) is 5.75 Å². The van der Waals surface area contributed by atoms with Crippen LogP contribution in [0.3, 0.4) is 0 Å². The summed E-state index contributed by atoms with van der Waals surface area (Å²) in [5.41, 5.74) is 0.262. The third-order valence-electron chi connectivity index (χ3n) is 4.36. The number of carbonyl (C=O) groups excluding carboxylic acids is 1. The Labute approximate surface area is 162 Å². The molecule has 0 aliphatic carbocycles. The lowest BCUT2D eigenvalue weighted by Crippen LogP contribution is -2.40. The molecule has 0 radical (unpaired) electrons. The quantitative estimate of drug-likeness (QED) is 0.671. The molecule has 2 aromatic rings. The monoisotopic (exact) mass is 410 g/mol. The standard InChI is InChI=1S/C18H19ClN2O5S/c19-13-4-5-17(23)16(11-13)20-18(24)12-2-1-3-15(10-12)27(25,26)21-8-6-14(22)7-9-21/h1-5,10-11,14,22-23H,6-9H2,(H,20,24). The molecule has 3 N–H and O–H groups in total. The molecule has 0 spiro atoms. The average Bonchev–Trinajstić information content (AvgIpc) is 2.65. The average molecular weight is 411 g/mol. The first kappa shape index (κ1) is 19.6. The molecule has 1 amide bonds. The first-order valence-corrected chi connectivity index (χ1v) is 10.2. The second-order valence-electron chi connectivity index (χ2n) is 6.28. The van der Waals surface area contributed by atoms with Crippen molar-refractivity contribution in [2.24, 2.45) is 0 Å². The molecule has 7 nitrogen and oxygen atoms in total. The van der Waals surface area contributed by atoms with Crippen LogP contribution in [0.1, 0.15) is 23.2 Å². The smallest absolute Gasteiger partial charge is 0.255 e. The summed E-state index contributed by atoms with van der Waals surface area (Å²) in [4.78, 5) is 12.5. The minimum atomic E-state index is -3.76. The molecule has 144 valence electrons. The van der Waals surface area contributed by atoms with Gasteiger partial charge in [-0.1, -0.05) is 17.7 Å². The maximum Gasteiger partial charge on any atom is 0.255 e. The Morgan fingerprint density at radius 2 is 1.85 bits per heavy atom. The summed E-state index contributed by atoms with van der Waals surface area (Å²) in [6.07, 6.45) is 0.278. The Morgan fingerprint density at radius 1 is 1.15 bits per heavy atom. The van der Waals surface area contributed by atoms with Crippen LogP contribution in [0.5, 0.6) is 5.75 Å². The summed E-state index contributed by atoms with van der Waals surface area (Å²) in [5, 5.41) is 22.2. The van der Waals surface area contributed by atoms with Gasteiger partial charge in [0.2, 0.25) is 10.0 Å². The van der Waals surface area contributed by atoms with E-state index in [-0.39, 0.29) is 35.0 Å². The fourth-order valence-corrected chi connectivity index (χ4v) is 4.52. The second kappa shape index (κ2) is 7.85. The van der Waals surface area contributed by atoms with Gasteiger partial charge >= 0.3 is 0 Å². The van der Waals surface area contributed by atoms with E-state index in [0.29, 0.717) is 17.9 Å². The fourth-order valence-electron chi connectivity index (χ4n) is 2.83. The molecule has 1 aliphatic rings. The van der Waals surface area contributed by atoms with Gasteiger partial charge in [0, 0.05) is 23.7 Å². The lowest BCUT2D eigenvalue weighted by molar-refractivity contribution is 0.102. The molecule has 2 aromatic carbocycles. The number of hydrogen-bond acceptors (Lipinski definition) is 5. The van der Waals surface area contributed by atoms with E-state index in [9.17, 15) is 23.4 Å². The van der Waals surface area contributed by atoms with Gasteiger partial charge in [-0.25, -0.2) is 8.42 Å². The van der Waals surface area contributed by atoms with Crippen LogP contribution in [0, 0.1) is 0 Å². The van der Waals surface area contributed by atoms with Crippen LogP contribution < -0.4 is 5.32 Å². The van der Waals surface area contributed by atoms with Crippen molar-refractivity contribution >= 4 is 33.2 Å². The summed E-state index contributed by atoms with van der Waals surface area (Å²) >= 11 is 5.86. The zero-order valence-electron chi connectivity index (χ0n) is 14.3. The number of rotatable bonds is 4. The van der Waals surface area contributed by atoms with Gasteiger partial charge in [-0.05, 0) is 49.2 Å². The van der Waals surface area contributed by atoms with Crippen molar-refractivity contribution < 1.29 is 23.4 Å². The number of aliphatic hydroxyl groups is 1. The molecular weight excluding hydrogens is 392 g/mol. The molecule has 1 aliphatic heterocycles. The van der Waals surface area contributed by atoms with E-state index >= 15 is 0 Å². The Morgan fingerprint density at radius 3 is 2.56 bits per heavy atom. The van der Waals surface area contributed by atoms with E-state index in [1.807, 2.05) is 0 Å². The minimum Gasteiger partial charge on any atom is -0.506 e. The summed E-state index contributed by atoms with van der Waals surface area (Å²) < 4.78 is 26.9. The van der Waals surface area contributed by atoms with Crippen LogP contribution in [0.4, 0.5) is 5.69 Å². The molecule has 1 saturated heterocycles. The predicted molar refractivity (Wildman–Crippen MR) is 102 cm³/mol. The third-order valence-corrected chi connectivity index (χ3v) is 6.49. The van der Waals surface area contributed by atoms with E-state index in [1.54, 1.807) is 0 Å². The van der Waals surface area contributed by atoms with Gasteiger partial charge < -0.3 is 15.5 Å². The van der Waals surface area contributed by atoms with Gasteiger partial charge in [-0.15, -0.1) is 0 Å². The highest BCUT2D eigenvalue weighted by atomic mass is 35.5. The number of halogens is 1. The van der Waals surface area contributed by atoms with Gasteiger partial charge in [0.05, 0.1) is 16.7 Å². The minimum absolute atomic E-state index is 0.00172. The van der Waals surface area contributed by atoms with E-state index in [4.69, 9.17) is 11.6 Å². The van der Waals surface area contributed by atoms with Crippen molar-refractivity contribution in [1.82, 2.24) is 4.31 Å². The van der Waals surface area contributed by atoms with Crippen LogP contribution in [-0.2, 0) is 10.0 Å². The number of benzene rings is 2. The number of nitrogens with zero attached hydrogens (tertiary/aromatic N) is 1. The number of carbonyl (C=O) groups is 1. The number of phenolic OH excluding ortho intramolecular Hbond substituents is 1. The van der Waals surface area contributed by atoms with Crippen LogP contribution >= 0.6 is 11.6 Å².